The van der Waals surface area contributed by atoms with Gasteiger partial charge < -0.3 is 5.32 Å². The molecule has 116 valence electrons. The van der Waals surface area contributed by atoms with E-state index in [2.05, 4.69) is 5.32 Å². The van der Waals surface area contributed by atoms with Crippen molar-refractivity contribution < 1.29 is 9.72 Å². The van der Waals surface area contributed by atoms with Gasteiger partial charge in [0.05, 0.1) is 11.5 Å². The molecule has 1 N–H and O–H groups in total. The molecule has 0 unspecified atom stereocenters. The van der Waals surface area contributed by atoms with Crippen LogP contribution in [0.25, 0.3) is 0 Å². The summed E-state index contributed by atoms with van der Waals surface area (Å²) in [5, 5.41) is 15.5. The van der Waals surface area contributed by atoms with Crippen LogP contribution >= 0.6 is 11.3 Å². The van der Waals surface area contributed by atoms with Crippen molar-refractivity contribution in [3.63, 3.8) is 0 Å². The van der Waals surface area contributed by atoms with Crippen LogP contribution in [0.15, 0.2) is 35.7 Å². The number of nitro groups is 1. The van der Waals surface area contributed by atoms with E-state index in [0.29, 0.717) is 6.54 Å². The first-order chi connectivity index (χ1) is 10.5. The van der Waals surface area contributed by atoms with E-state index in [4.69, 9.17) is 0 Å². The van der Waals surface area contributed by atoms with Crippen LogP contribution in [0.4, 0.5) is 11.4 Å². The lowest BCUT2D eigenvalue weighted by atomic mass is 10.2. The Hall–Kier alpha value is -2.25. The van der Waals surface area contributed by atoms with Gasteiger partial charge in [-0.2, -0.15) is 0 Å². The zero-order valence-corrected chi connectivity index (χ0v) is 13.2. The Morgan fingerprint density at radius 1 is 1.36 bits per heavy atom. The van der Waals surface area contributed by atoms with Crippen molar-refractivity contribution >= 4 is 28.6 Å². The Kier molecular flexibility index (Phi) is 5.24. The molecule has 0 aliphatic rings. The van der Waals surface area contributed by atoms with E-state index in [1.165, 1.54) is 22.6 Å². The second-order valence-corrected chi connectivity index (χ2v) is 6.02. The average molecular weight is 319 g/mol. The summed E-state index contributed by atoms with van der Waals surface area (Å²) in [5.74, 6) is -0.272. The van der Waals surface area contributed by atoms with E-state index in [9.17, 15) is 14.9 Å². The Morgan fingerprint density at radius 3 is 2.73 bits per heavy atom. The number of benzene rings is 1. The number of anilines is 1. The molecule has 2 aromatic rings. The number of carbonyl (C=O) groups is 1. The van der Waals surface area contributed by atoms with Crippen LogP contribution < -0.4 is 5.32 Å². The lowest BCUT2D eigenvalue weighted by Crippen LogP contribution is -2.29. The van der Waals surface area contributed by atoms with Gasteiger partial charge in [-0.25, -0.2) is 0 Å². The van der Waals surface area contributed by atoms with Gasteiger partial charge in [0.25, 0.3) is 5.69 Å². The molecule has 0 saturated carbocycles. The molecule has 0 bridgehead atoms. The fraction of sp³-hybridized carbons (Fsp3) is 0.267. The number of thiophene rings is 1. The molecular weight excluding hydrogens is 302 g/mol. The van der Waals surface area contributed by atoms with E-state index in [1.807, 2.05) is 30.3 Å². The van der Waals surface area contributed by atoms with Crippen molar-refractivity contribution in [2.24, 2.45) is 0 Å². The molecular formula is C15H17N3O3S. The third kappa shape index (κ3) is 4.12. The van der Waals surface area contributed by atoms with Gasteiger partial charge in [0.15, 0.2) is 0 Å². The number of likely N-dealkylation sites (N-methyl/N-ethyl adjacent to an activating group) is 1. The third-order valence-electron chi connectivity index (χ3n) is 3.17. The molecule has 0 spiro atoms. The molecule has 0 fully saturated rings. The highest BCUT2D eigenvalue weighted by atomic mass is 32.1. The normalized spacial score (nSPS) is 10.7. The lowest BCUT2D eigenvalue weighted by Gasteiger charge is -2.16. The minimum atomic E-state index is -0.506. The first kappa shape index (κ1) is 16.1. The Balaban J connectivity index is 1.96. The molecule has 6 nitrogen and oxygen atoms in total. The van der Waals surface area contributed by atoms with E-state index in [1.54, 1.807) is 23.5 Å². The Labute approximate surface area is 132 Å². The van der Waals surface area contributed by atoms with E-state index >= 15 is 0 Å². The van der Waals surface area contributed by atoms with Crippen molar-refractivity contribution in [3.8, 4) is 0 Å². The quantitative estimate of drug-likeness (QED) is 0.656. The average Bonchev–Trinajstić information content (AvgIpc) is 2.84. The number of carbonyl (C=O) groups excluding carboxylic acids is 1. The minimum absolute atomic E-state index is 0.104. The highest BCUT2D eigenvalue weighted by Gasteiger charge is 2.16. The van der Waals surface area contributed by atoms with Gasteiger partial charge in [-0.3, -0.25) is 19.8 Å². The van der Waals surface area contributed by atoms with Gasteiger partial charge in [-0.15, -0.1) is 11.3 Å². The van der Waals surface area contributed by atoms with Gasteiger partial charge in [-0.1, -0.05) is 12.1 Å². The zero-order valence-electron chi connectivity index (χ0n) is 12.4. The molecule has 0 saturated heterocycles. The van der Waals surface area contributed by atoms with Crippen LogP contribution in [0.1, 0.15) is 10.4 Å². The number of hydrogen-bond donors (Lipinski definition) is 1. The predicted molar refractivity (Wildman–Crippen MR) is 87.1 cm³/mol. The predicted octanol–water partition coefficient (Wildman–Crippen LogP) is 3.04. The Bertz CT molecular complexity index is 684. The van der Waals surface area contributed by atoms with Crippen molar-refractivity contribution in [2.75, 3.05) is 18.9 Å². The number of amides is 1. The smallest absolute Gasteiger partial charge is 0.292 e. The SMILES string of the molecule is Cc1ccsc1CN(C)CC(=O)Nc1ccccc1[N+](=O)[O-]. The second-order valence-electron chi connectivity index (χ2n) is 5.02. The molecule has 0 radical (unpaired) electrons. The van der Waals surface area contributed by atoms with Gasteiger partial charge >= 0.3 is 0 Å². The number of hydrogen-bond acceptors (Lipinski definition) is 5. The highest BCUT2D eigenvalue weighted by molar-refractivity contribution is 7.10. The van der Waals surface area contributed by atoms with Crippen LogP contribution in [-0.4, -0.2) is 29.3 Å². The molecule has 2 rings (SSSR count). The molecule has 0 atom stereocenters. The number of nitrogens with one attached hydrogen (secondary N) is 1. The minimum Gasteiger partial charge on any atom is -0.319 e. The van der Waals surface area contributed by atoms with Crippen LogP contribution in [0, 0.1) is 17.0 Å². The standard InChI is InChI=1S/C15H17N3O3S/c1-11-7-8-22-14(11)9-17(2)10-15(19)16-12-5-3-4-6-13(12)18(20)21/h3-8H,9-10H2,1-2H3,(H,16,19). The summed E-state index contributed by atoms with van der Waals surface area (Å²) in [6.45, 7) is 2.88. The molecule has 1 amide bonds. The third-order valence-corrected chi connectivity index (χ3v) is 4.18. The molecule has 7 heteroatoms. The first-order valence-corrected chi connectivity index (χ1v) is 7.60. The van der Waals surface area contributed by atoms with Crippen LogP contribution in [0.2, 0.25) is 0 Å². The summed E-state index contributed by atoms with van der Waals surface area (Å²) in [4.78, 5) is 25.5. The summed E-state index contributed by atoms with van der Waals surface area (Å²) in [7, 11) is 1.85. The molecule has 0 aliphatic heterocycles. The molecule has 1 heterocycles. The van der Waals surface area contributed by atoms with Crippen molar-refractivity contribution in [2.45, 2.75) is 13.5 Å². The van der Waals surface area contributed by atoms with Crippen LogP contribution in [0.3, 0.4) is 0 Å². The fourth-order valence-electron chi connectivity index (χ4n) is 2.04. The van der Waals surface area contributed by atoms with Gasteiger partial charge in [0, 0.05) is 17.5 Å². The Morgan fingerprint density at radius 2 is 2.09 bits per heavy atom. The maximum atomic E-state index is 12.0. The summed E-state index contributed by atoms with van der Waals surface area (Å²) >= 11 is 1.65. The number of aryl methyl sites for hydroxylation is 1. The topological polar surface area (TPSA) is 75.5 Å². The van der Waals surface area contributed by atoms with E-state index < -0.39 is 4.92 Å². The fourth-order valence-corrected chi connectivity index (χ4v) is 3.03. The highest BCUT2D eigenvalue weighted by Crippen LogP contribution is 2.23. The number of rotatable bonds is 6. The van der Waals surface area contributed by atoms with Crippen molar-refractivity contribution in [1.82, 2.24) is 4.90 Å². The number of nitrogens with zero attached hydrogens (tertiary/aromatic N) is 2. The number of para-hydroxylation sites is 2. The molecule has 0 aliphatic carbocycles. The summed E-state index contributed by atoms with van der Waals surface area (Å²) < 4.78 is 0. The van der Waals surface area contributed by atoms with Crippen LogP contribution in [-0.2, 0) is 11.3 Å². The maximum Gasteiger partial charge on any atom is 0.292 e. The molecule has 1 aromatic carbocycles. The lowest BCUT2D eigenvalue weighted by molar-refractivity contribution is -0.383. The molecule has 22 heavy (non-hydrogen) atoms. The van der Waals surface area contributed by atoms with Crippen molar-refractivity contribution in [1.29, 1.82) is 0 Å². The summed E-state index contributed by atoms with van der Waals surface area (Å²) in [5.41, 5.74) is 1.32. The van der Waals surface area contributed by atoms with Crippen LogP contribution in [0.5, 0.6) is 0 Å². The largest absolute Gasteiger partial charge is 0.319 e. The first-order valence-electron chi connectivity index (χ1n) is 6.72. The van der Waals surface area contributed by atoms with E-state index in [-0.39, 0.29) is 23.8 Å². The van der Waals surface area contributed by atoms with Gasteiger partial charge in [0.2, 0.25) is 5.91 Å². The summed E-state index contributed by atoms with van der Waals surface area (Å²) in [6, 6.07) is 8.16. The van der Waals surface area contributed by atoms with Gasteiger partial charge in [-0.05, 0) is 37.0 Å². The summed E-state index contributed by atoms with van der Waals surface area (Å²) in [6.07, 6.45) is 0. The molecule has 1 aromatic heterocycles. The zero-order chi connectivity index (χ0) is 16.1. The number of nitro benzene ring substituents is 1. The maximum absolute atomic E-state index is 12.0. The van der Waals surface area contributed by atoms with E-state index in [0.717, 1.165) is 0 Å². The second kappa shape index (κ2) is 7.15. The monoisotopic (exact) mass is 319 g/mol. The van der Waals surface area contributed by atoms with Gasteiger partial charge in [0.1, 0.15) is 5.69 Å². The van der Waals surface area contributed by atoms with Crippen molar-refractivity contribution in [3.05, 3.63) is 56.3 Å².